The first-order valence-corrected chi connectivity index (χ1v) is 10.3. The summed E-state index contributed by atoms with van der Waals surface area (Å²) < 4.78 is 26.3. The number of Topliss-reactive ketones (excluding diaryl/α,β-unsaturated/α-hetero) is 1. The van der Waals surface area contributed by atoms with Gasteiger partial charge in [-0.15, -0.1) is 16.8 Å². The second kappa shape index (κ2) is 10.3. The Morgan fingerprint density at radius 1 is 1.27 bits per heavy atom. The van der Waals surface area contributed by atoms with Gasteiger partial charge in [0.2, 0.25) is 0 Å². The number of benzene rings is 2. The SMILES string of the molecule is C=CCn1c(COc2ccc(Cl)cc2)nnc1SCC(=O)c1ccc(OC)c(F)c1. The summed E-state index contributed by atoms with van der Waals surface area (Å²) in [6.45, 7) is 4.41. The number of halogens is 2. The summed E-state index contributed by atoms with van der Waals surface area (Å²) in [5.74, 6) is 0.613. The molecule has 0 aliphatic heterocycles. The summed E-state index contributed by atoms with van der Waals surface area (Å²) in [4.78, 5) is 12.4. The van der Waals surface area contributed by atoms with Crippen LogP contribution in [0.2, 0.25) is 5.02 Å². The maximum atomic E-state index is 13.8. The Bertz CT molecular complexity index is 1040. The quantitative estimate of drug-likeness (QED) is 0.252. The van der Waals surface area contributed by atoms with E-state index in [1.807, 2.05) is 4.57 Å². The number of carbonyl (C=O) groups excluding carboxylic acids is 1. The second-order valence-electron chi connectivity index (χ2n) is 6.10. The zero-order valence-electron chi connectivity index (χ0n) is 16.2. The number of allylic oxidation sites excluding steroid dienone is 1. The van der Waals surface area contributed by atoms with Crippen molar-refractivity contribution >= 4 is 29.1 Å². The molecular formula is C21H19ClFN3O3S. The summed E-state index contributed by atoms with van der Waals surface area (Å²) in [6.07, 6.45) is 1.71. The van der Waals surface area contributed by atoms with Crippen LogP contribution < -0.4 is 9.47 Å². The molecule has 0 spiro atoms. The van der Waals surface area contributed by atoms with Gasteiger partial charge in [-0.25, -0.2) is 4.39 Å². The maximum Gasteiger partial charge on any atom is 0.192 e. The molecule has 0 aliphatic carbocycles. The summed E-state index contributed by atoms with van der Waals surface area (Å²) in [7, 11) is 1.37. The molecule has 0 unspecified atom stereocenters. The second-order valence-corrected chi connectivity index (χ2v) is 7.48. The Morgan fingerprint density at radius 2 is 2.03 bits per heavy atom. The number of ether oxygens (including phenoxy) is 2. The van der Waals surface area contributed by atoms with Crippen LogP contribution in [0.25, 0.3) is 0 Å². The van der Waals surface area contributed by atoms with E-state index in [2.05, 4.69) is 16.8 Å². The Balaban J connectivity index is 1.66. The fraction of sp³-hybridized carbons (Fsp3) is 0.190. The normalized spacial score (nSPS) is 10.6. The largest absolute Gasteiger partial charge is 0.494 e. The van der Waals surface area contributed by atoms with E-state index < -0.39 is 5.82 Å². The van der Waals surface area contributed by atoms with Crippen LogP contribution >= 0.6 is 23.4 Å². The molecule has 0 N–H and O–H groups in total. The first-order chi connectivity index (χ1) is 14.5. The van der Waals surface area contributed by atoms with Gasteiger partial charge in [-0.1, -0.05) is 29.4 Å². The first-order valence-electron chi connectivity index (χ1n) is 8.92. The van der Waals surface area contributed by atoms with Gasteiger partial charge < -0.3 is 9.47 Å². The number of nitrogens with zero attached hydrogens (tertiary/aromatic N) is 3. The third-order valence-electron chi connectivity index (χ3n) is 4.09. The minimum atomic E-state index is -0.579. The van der Waals surface area contributed by atoms with Crippen molar-refractivity contribution in [3.8, 4) is 11.5 Å². The Hall–Kier alpha value is -2.84. The molecule has 1 heterocycles. The highest BCUT2D eigenvalue weighted by Crippen LogP contribution is 2.23. The van der Waals surface area contributed by atoms with Crippen LogP contribution in [-0.4, -0.2) is 33.4 Å². The number of hydrogen-bond acceptors (Lipinski definition) is 6. The molecule has 0 saturated carbocycles. The van der Waals surface area contributed by atoms with Crippen LogP contribution in [0.3, 0.4) is 0 Å². The molecule has 0 atom stereocenters. The molecule has 9 heteroatoms. The van der Waals surface area contributed by atoms with Gasteiger partial charge in [0.05, 0.1) is 12.9 Å². The number of thioether (sulfide) groups is 1. The highest BCUT2D eigenvalue weighted by Gasteiger charge is 2.16. The lowest BCUT2D eigenvalue weighted by Gasteiger charge is -2.09. The molecule has 0 amide bonds. The third-order valence-corrected chi connectivity index (χ3v) is 5.31. The van der Waals surface area contributed by atoms with Crippen molar-refractivity contribution in [3.63, 3.8) is 0 Å². The van der Waals surface area contributed by atoms with Crippen molar-refractivity contribution in [2.75, 3.05) is 12.9 Å². The Kier molecular flexibility index (Phi) is 7.48. The number of methoxy groups -OCH3 is 1. The highest BCUT2D eigenvalue weighted by atomic mass is 35.5. The van der Waals surface area contributed by atoms with Gasteiger partial charge >= 0.3 is 0 Å². The van der Waals surface area contributed by atoms with Crippen molar-refractivity contribution in [2.24, 2.45) is 0 Å². The minimum Gasteiger partial charge on any atom is -0.494 e. The van der Waals surface area contributed by atoms with E-state index in [4.69, 9.17) is 21.1 Å². The smallest absolute Gasteiger partial charge is 0.192 e. The average molecular weight is 448 g/mol. The zero-order valence-corrected chi connectivity index (χ0v) is 17.8. The van der Waals surface area contributed by atoms with Crippen molar-refractivity contribution in [2.45, 2.75) is 18.3 Å². The zero-order chi connectivity index (χ0) is 21.5. The Morgan fingerprint density at radius 3 is 2.70 bits per heavy atom. The highest BCUT2D eigenvalue weighted by molar-refractivity contribution is 7.99. The molecule has 156 valence electrons. The standard InChI is InChI=1S/C21H19ClFN3O3S/c1-3-10-26-20(12-29-16-7-5-15(22)6-8-16)24-25-21(26)30-13-18(27)14-4-9-19(28-2)17(23)11-14/h3-9,11H,1,10,12-13H2,2H3. The predicted octanol–water partition coefficient (Wildman–Crippen LogP) is 4.82. The van der Waals surface area contributed by atoms with Gasteiger partial charge in [0.25, 0.3) is 0 Å². The number of carbonyl (C=O) groups is 1. The van der Waals surface area contributed by atoms with Crippen molar-refractivity contribution in [1.82, 2.24) is 14.8 Å². The third kappa shape index (κ3) is 5.40. The number of aromatic nitrogens is 3. The van der Waals surface area contributed by atoms with Gasteiger partial charge in [-0.2, -0.15) is 0 Å². The molecule has 30 heavy (non-hydrogen) atoms. The lowest BCUT2D eigenvalue weighted by molar-refractivity contribution is 0.102. The van der Waals surface area contributed by atoms with E-state index in [-0.39, 0.29) is 29.5 Å². The van der Waals surface area contributed by atoms with Crippen LogP contribution in [-0.2, 0) is 13.2 Å². The molecule has 0 bridgehead atoms. The molecular weight excluding hydrogens is 429 g/mol. The minimum absolute atomic E-state index is 0.0824. The summed E-state index contributed by atoms with van der Waals surface area (Å²) in [5, 5.41) is 9.48. The molecule has 2 aromatic carbocycles. The van der Waals surface area contributed by atoms with Gasteiger partial charge in [-0.05, 0) is 42.5 Å². The van der Waals surface area contributed by atoms with Crippen LogP contribution in [0.15, 0.2) is 60.3 Å². The number of ketones is 1. The van der Waals surface area contributed by atoms with Gasteiger partial charge in [-0.3, -0.25) is 9.36 Å². The number of hydrogen-bond donors (Lipinski definition) is 0. The van der Waals surface area contributed by atoms with E-state index in [1.165, 1.54) is 37.1 Å². The van der Waals surface area contributed by atoms with Crippen LogP contribution in [0.1, 0.15) is 16.2 Å². The van der Waals surface area contributed by atoms with E-state index in [0.717, 1.165) is 0 Å². The molecule has 6 nitrogen and oxygen atoms in total. The average Bonchev–Trinajstić information content (AvgIpc) is 3.13. The van der Waals surface area contributed by atoms with Crippen molar-refractivity contribution < 1.29 is 18.7 Å². The summed E-state index contributed by atoms with van der Waals surface area (Å²) in [5.41, 5.74) is 0.266. The molecule has 0 radical (unpaired) electrons. The number of rotatable bonds is 10. The van der Waals surface area contributed by atoms with Crippen molar-refractivity contribution in [3.05, 3.63) is 77.3 Å². The first kappa shape index (κ1) is 21.9. The molecule has 0 saturated heterocycles. The fourth-order valence-electron chi connectivity index (χ4n) is 2.58. The monoisotopic (exact) mass is 447 g/mol. The lowest BCUT2D eigenvalue weighted by atomic mass is 10.1. The van der Waals surface area contributed by atoms with E-state index in [0.29, 0.717) is 28.3 Å². The van der Waals surface area contributed by atoms with Gasteiger partial charge in [0.15, 0.2) is 28.3 Å². The topological polar surface area (TPSA) is 66.2 Å². The van der Waals surface area contributed by atoms with Crippen LogP contribution in [0.4, 0.5) is 4.39 Å². The molecule has 0 aliphatic rings. The molecule has 3 aromatic rings. The van der Waals surface area contributed by atoms with Gasteiger partial charge in [0, 0.05) is 17.1 Å². The van der Waals surface area contributed by atoms with Crippen LogP contribution in [0, 0.1) is 5.82 Å². The molecule has 3 rings (SSSR count). The summed E-state index contributed by atoms with van der Waals surface area (Å²) in [6, 6.07) is 11.1. The van der Waals surface area contributed by atoms with E-state index in [1.54, 1.807) is 30.3 Å². The summed E-state index contributed by atoms with van der Waals surface area (Å²) >= 11 is 7.09. The van der Waals surface area contributed by atoms with E-state index in [9.17, 15) is 9.18 Å². The lowest BCUT2D eigenvalue weighted by Crippen LogP contribution is -2.09. The van der Waals surface area contributed by atoms with Crippen molar-refractivity contribution in [1.29, 1.82) is 0 Å². The van der Waals surface area contributed by atoms with Crippen LogP contribution in [0.5, 0.6) is 11.5 Å². The molecule has 1 aromatic heterocycles. The van der Waals surface area contributed by atoms with Gasteiger partial charge in [0.1, 0.15) is 12.4 Å². The fourth-order valence-corrected chi connectivity index (χ4v) is 3.56. The molecule has 0 fully saturated rings. The maximum absolute atomic E-state index is 13.8. The predicted molar refractivity (Wildman–Crippen MR) is 114 cm³/mol. The van der Waals surface area contributed by atoms with E-state index >= 15 is 0 Å². The Labute approximate surface area is 182 Å².